The maximum absolute atomic E-state index is 12.2. The van der Waals surface area contributed by atoms with Crippen molar-refractivity contribution in [3.8, 4) is 0 Å². The van der Waals surface area contributed by atoms with Gasteiger partial charge in [-0.1, -0.05) is 18.2 Å². The zero-order valence-electron chi connectivity index (χ0n) is 11.2. The summed E-state index contributed by atoms with van der Waals surface area (Å²) in [6.07, 6.45) is 4.81. The number of carbonyl (C=O) groups is 1. The molecule has 3 rings (SSSR count). The molecular weight excluding hydrogens is 252 g/mol. The van der Waals surface area contributed by atoms with E-state index in [0.717, 1.165) is 23.1 Å². The molecule has 0 aliphatic carbocycles. The van der Waals surface area contributed by atoms with Crippen molar-refractivity contribution in [3.05, 3.63) is 54.2 Å². The van der Waals surface area contributed by atoms with Crippen molar-refractivity contribution in [3.63, 3.8) is 0 Å². The van der Waals surface area contributed by atoms with Crippen LogP contribution in [-0.4, -0.2) is 25.5 Å². The van der Waals surface area contributed by atoms with Gasteiger partial charge in [0.1, 0.15) is 5.69 Å². The Morgan fingerprint density at radius 2 is 2.10 bits per heavy atom. The van der Waals surface area contributed by atoms with Crippen LogP contribution in [0.15, 0.2) is 42.9 Å². The fraction of sp³-hybridized carbons (Fsp3) is 0.200. The van der Waals surface area contributed by atoms with E-state index in [1.807, 2.05) is 35.9 Å². The Balaban J connectivity index is 1.97. The molecule has 0 aliphatic rings. The van der Waals surface area contributed by atoms with E-state index in [-0.39, 0.29) is 12.2 Å². The number of rotatable bonds is 4. The first-order valence-electron chi connectivity index (χ1n) is 6.53. The number of fused-ring (bicyclic) bond motifs is 1. The van der Waals surface area contributed by atoms with Gasteiger partial charge in [-0.2, -0.15) is 5.10 Å². The quantitative estimate of drug-likeness (QED) is 0.680. The fourth-order valence-electron chi connectivity index (χ4n) is 2.25. The molecule has 0 atom stereocenters. The number of ketones is 1. The van der Waals surface area contributed by atoms with E-state index < -0.39 is 0 Å². The van der Waals surface area contributed by atoms with Crippen LogP contribution in [0.1, 0.15) is 23.1 Å². The van der Waals surface area contributed by atoms with E-state index in [4.69, 9.17) is 0 Å². The van der Waals surface area contributed by atoms with E-state index in [0.29, 0.717) is 5.69 Å². The Labute approximate surface area is 116 Å². The number of nitrogens with zero attached hydrogens (tertiary/aromatic N) is 4. The second kappa shape index (κ2) is 5.21. The van der Waals surface area contributed by atoms with Crippen LogP contribution >= 0.6 is 0 Å². The van der Waals surface area contributed by atoms with Crippen molar-refractivity contribution < 1.29 is 4.79 Å². The minimum atomic E-state index is -0.0652. The molecule has 0 saturated heterocycles. The van der Waals surface area contributed by atoms with Crippen molar-refractivity contribution in [1.29, 1.82) is 0 Å². The average Bonchev–Trinajstić information content (AvgIpc) is 2.86. The highest BCUT2D eigenvalue weighted by molar-refractivity contribution is 5.97. The molecule has 0 spiro atoms. The minimum Gasteiger partial charge on any atom is -0.292 e. The Morgan fingerprint density at radius 3 is 2.85 bits per heavy atom. The highest BCUT2D eigenvalue weighted by Crippen LogP contribution is 2.19. The van der Waals surface area contributed by atoms with Crippen LogP contribution in [0.25, 0.3) is 10.9 Å². The number of hydrogen-bond acceptors (Lipinski definition) is 4. The monoisotopic (exact) mass is 266 g/mol. The zero-order chi connectivity index (χ0) is 13.9. The van der Waals surface area contributed by atoms with Gasteiger partial charge in [0, 0.05) is 24.3 Å². The Morgan fingerprint density at radius 1 is 1.25 bits per heavy atom. The smallest absolute Gasteiger partial charge is 0.188 e. The fourth-order valence-corrected chi connectivity index (χ4v) is 2.25. The molecule has 0 fully saturated rings. The Kier molecular flexibility index (Phi) is 3.25. The normalized spacial score (nSPS) is 10.8. The van der Waals surface area contributed by atoms with Crippen molar-refractivity contribution in [2.24, 2.45) is 0 Å². The lowest BCUT2D eigenvalue weighted by Gasteiger charge is -1.97. The number of Topliss-reactive ketones (excluding diaryl/α,β-unsaturated/α-hetero) is 1. The molecule has 100 valence electrons. The third-order valence-electron chi connectivity index (χ3n) is 3.21. The van der Waals surface area contributed by atoms with Gasteiger partial charge in [-0.15, -0.1) is 0 Å². The molecule has 0 saturated carbocycles. The Hall–Kier alpha value is -2.56. The first-order valence-corrected chi connectivity index (χ1v) is 6.53. The van der Waals surface area contributed by atoms with Gasteiger partial charge in [-0.25, -0.2) is 4.98 Å². The highest BCUT2D eigenvalue weighted by atomic mass is 16.1. The molecule has 0 unspecified atom stereocenters. The number of para-hydroxylation sites is 1. The van der Waals surface area contributed by atoms with Gasteiger partial charge in [0.25, 0.3) is 0 Å². The predicted octanol–water partition coefficient (Wildman–Crippen LogP) is 2.27. The molecule has 0 aliphatic heterocycles. The van der Waals surface area contributed by atoms with Crippen LogP contribution in [-0.2, 0) is 13.0 Å². The van der Waals surface area contributed by atoms with Crippen LogP contribution in [0.4, 0.5) is 0 Å². The molecule has 5 heteroatoms. The van der Waals surface area contributed by atoms with E-state index >= 15 is 0 Å². The van der Waals surface area contributed by atoms with E-state index in [2.05, 4.69) is 15.1 Å². The van der Waals surface area contributed by atoms with Crippen LogP contribution in [0.3, 0.4) is 0 Å². The molecule has 0 bridgehead atoms. The molecular formula is C15H14N4O. The lowest BCUT2D eigenvalue weighted by Crippen LogP contribution is -2.07. The maximum atomic E-state index is 12.2. The van der Waals surface area contributed by atoms with Gasteiger partial charge in [0.05, 0.1) is 23.8 Å². The van der Waals surface area contributed by atoms with Crippen LogP contribution in [0.2, 0.25) is 0 Å². The van der Waals surface area contributed by atoms with Crippen molar-refractivity contribution in [2.45, 2.75) is 19.9 Å². The van der Waals surface area contributed by atoms with Crippen molar-refractivity contribution in [2.75, 3.05) is 0 Å². The van der Waals surface area contributed by atoms with Gasteiger partial charge in [-0.3, -0.25) is 14.5 Å². The average molecular weight is 266 g/mol. The SMILES string of the molecule is CCn1nc(CC(=O)c2cnccn2)c2ccccc21. The molecule has 3 aromatic rings. The number of aromatic nitrogens is 4. The first kappa shape index (κ1) is 12.5. The molecule has 20 heavy (non-hydrogen) atoms. The van der Waals surface area contributed by atoms with Gasteiger partial charge in [-0.05, 0) is 13.0 Å². The van der Waals surface area contributed by atoms with E-state index in [9.17, 15) is 4.79 Å². The van der Waals surface area contributed by atoms with Gasteiger partial charge < -0.3 is 0 Å². The standard InChI is InChI=1S/C15H14N4O/c1-2-19-14-6-4-3-5-11(14)12(18-19)9-15(20)13-10-16-7-8-17-13/h3-8,10H,2,9H2,1H3. The summed E-state index contributed by atoms with van der Waals surface area (Å²) in [6, 6.07) is 7.95. The number of carbonyl (C=O) groups excluding carboxylic acids is 1. The van der Waals surface area contributed by atoms with E-state index in [1.165, 1.54) is 12.4 Å². The summed E-state index contributed by atoms with van der Waals surface area (Å²) in [5.74, 6) is -0.0652. The number of benzene rings is 1. The summed E-state index contributed by atoms with van der Waals surface area (Å²) in [4.78, 5) is 20.2. The summed E-state index contributed by atoms with van der Waals surface area (Å²) in [5.41, 5.74) is 2.22. The summed E-state index contributed by atoms with van der Waals surface area (Å²) >= 11 is 0. The molecule has 0 amide bonds. The van der Waals surface area contributed by atoms with Gasteiger partial charge >= 0.3 is 0 Å². The topological polar surface area (TPSA) is 60.7 Å². The summed E-state index contributed by atoms with van der Waals surface area (Å²) < 4.78 is 1.91. The third-order valence-corrected chi connectivity index (χ3v) is 3.21. The second-order valence-corrected chi connectivity index (χ2v) is 4.47. The summed E-state index contributed by atoms with van der Waals surface area (Å²) in [5, 5.41) is 5.54. The second-order valence-electron chi connectivity index (χ2n) is 4.47. The van der Waals surface area contributed by atoms with Gasteiger partial charge in [0.2, 0.25) is 0 Å². The van der Waals surface area contributed by atoms with Gasteiger partial charge in [0.15, 0.2) is 5.78 Å². The molecule has 0 N–H and O–H groups in total. The maximum Gasteiger partial charge on any atom is 0.188 e. The number of aryl methyl sites for hydroxylation is 1. The van der Waals surface area contributed by atoms with Crippen LogP contribution < -0.4 is 0 Å². The summed E-state index contributed by atoms with van der Waals surface area (Å²) in [7, 11) is 0. The largest absolute Gasteiger partial charge is 0.292 e. The predicted molar refractivity (Wildman–Crippen MR) is 75.5 cm³/mol. The van der Waals surface area contributed by atoms with Crippen LogP contribution in [0, 0.1) is 0 Å². The highest BCUT2D eigenvalue weighted by Gasteiger charge is 2.15. The lowest BCUT2D eigenvalue weighted by molar-refractivity contribution is 0.0987. The van der Waals surface area contributed by atoms with E-state index in [1.54, 1.807) is 6.20 Å². The molecule has 1 aromatic carbocycles. The molecule has 5 nitrogen and oxygen atoms in total. The van der Waals surface area contributed by atoms with Crippen molar-refractivity contribution >= 4 is 16.7 Å². The first-order chi connectivity index (χ1) is 9.79. The Bertz CT molecular complexity index is 749. The number of hydrogen-bond donors (Lipinski definition) is 0. The zero-order valence-corrected chi connectivity index (χ0v) is 11.2. The minimum absolute atomic E-state index is 0.0652. The van der Waals surface area contributed by atoms with Crippen LogP contribution in [0.5, 0.6) is 0 Å². The lowest BCUT2D eigenvalue weighted by atomic mass is 10.1. The molecule has 2 aromatic heterocycles. The summed E-state index contributed by atoms with van der Waals surface area (Å²) in [6.45, 7) is 2.81. The molecule has 0 radical (unpaired) electrons. The third kappa shape index (κ3) is 2.18. The molecule has 2 heterocycles. The van der Waals surface area contributed by atoms with Crippen molar-refractivity contribution in [1.82, 2.24) is 19.7 Å².